The third-order valence-corrected chi connectivity index (χ3v) is 4.69. The van der Waals surface area contributed by atoms with Gasteiger partial charge in [0.1, 0.15) is 5.65 Å². The lowest BCUT2D eigenvalue weighted by molar-refractivity contribution is 0.0964. The number of aryl methyl sites for hydroxylation is 1. The van der Waals surface area contributed by atoms with Crippen molar-refractivity contribution in [1.29, 1.82) is 0 Å². The number of nitrogens with zero attached hydrogens (tertiary/aromatic N) is 2. The lowest BCUT2D eigenvalue weighted by atomic mass is 9.79. The molecule has 0 spiro atoms. The van der Waals surface area contributed by atoms with Crippen LogP contribution in [0.25, 0.3) is 11.0 Å². The smallest absolute Gasteiger partial charge is 0.294 e. The molecule has 2 heterocycles. The Morgan fingerprint density at radius 2 is 1.88 bits per heavy atom. The van der Waals surface area contributed by atoms with Gasteiger partial charge >= 0.3 is 5.69 Å². The molecule has 0 saturated heterocycles. The summed E-state index contributed by atoms with van der Waals surface area (Å²) in [5.74, 6) is 0.00110. The van der Waals surface area contributed by atoms with Crippen LogP contribution in [0.15, 0.2) is 46.1 Å². The first-order valence-electron chi connectivity index (χ1n) is 7.75. The minimum absolute atomic E-state index is 0.0206. The second-order valence-corrected chi connectivity index (χ2v) is 6.11. The first-order valence-corrected chi connectivity index (χ1v) is 7.75. The number of hydrogen-bond acceptors (Lipinski definition) is 4. The molecular weight excluding hydrogens is 306 g/mol. The van der Waals surface area contributed by atoms with Crippen molar-refractivity contribution in [2.24, 2.45) is 7.05 Å². The van der Waals surface area contributed by atoms with Crippen molar-refractivity contribution < 1.29 is 4.79 Å². The van der Waals surface area contributed by atoms with Gasteiger partial charge in [0.25, 0.3) is 5.56 Å². The summed E-state index contributed by atoms with van der Waals surface area (Å²) < 4.78 is 1.30. The van der Waals surface area contributed by atoms with Gasteiger partial charge in [0.2, 0.25) is 0 Å². The molecule has 1 aliphatic carbocycles. The van der Waals surface area contributed by atoms with Crippen LogP contribution in [-0.2, 0) is 13.5 Å². The van der Waals surface area contributed by atoms with Crippen LogP contribution in [0.3, 0.4) is 0 Å². The van der Waals surface area contributed by atoms with Gasteiger partial charge in [-0.15, -0.1) is 0 Å². The molecule has 1 atom stereocenters. The summed E-state index contributed by atoms with van der Waals surface area (Å²) in [4.78, 5) is 43.2. The number of Topliss-reactive ketones (excluding diaryl/α,β-unsaturated/α-hetero) is 1. The molecule has 2 aromatic heterocycles. The first kappa shape index (κ1) is 14.6. The summed E-state index contributed by atoms with van der Waals surface area (Å²) in [5, 5.41) is 0.337. The zero-order chi connectivity index (χ0) is 16.8. The van der Waals surface area contributed by atoms with E-state index in [0.717, 1.165) is 5.56 Å². The van der Waals surface area contributed by atoms with Crippen molar-refractivity contribution in [2.75, 3.05) is 0 Å². The lowest BCUT2D eigenvalue weighted by Gasteiger charge is -2.24. The fourth-order valence-corrected chi connectivity index (χ4v) is 3.44. The quantitative estimate of drug-likeness (QED) is 0.736. The van der Waals surface area contributed by atoms with Crippen LogP contribution < -0.4 is 11.2 Å². The van der Waals surface area contributed by atoms with Gasteiger partial charge in [-0.3, -0.25) is 19.1 Å². The van der Waals surface area contributed by atoms with Crippen molar-refractivity contribution >= 4 is 16.8 Å². The average Bonchev–Trinajstić information content (AvgIpc) is 2.59. The van der Waals surface area contributed by atoms with Crippen molar-refractivity contribution in [3.63, 3.8) is 0 Å². The van der Waals surface area contributed by atoms with E-state index in [0.29, 0.717) is 35.0 Å². The standard InChI is InChI=1S/C18H15N3O3/c1-21-16-15(17(23)20-18(21)24)12-7-11(10-5-3-2-4-6-10)8-14(22)13(12)9-19-16/h2-6,9,11H,7-8H2,1H3,(H,20,23,24)/t11-/m0/s1. The number of carbonyl (C=O) groups is 1. The highest BCUT2D eigenvalue weighted by atomic mass is 16.2. The van der Waals surface area contributed by atoms with E-state index in [9.17, 15) is 14.4 Å². The van der Waals surface area contributed by atoms with Gasteiger partial charge in [-0.05, 0) is 23.5 Å². The number of carbonyl (C=O) groups excluding carboxylic acids is 1. The molecule has 0 amide bonds. The highest BCUT2D eigenvalue weighted by Crippen LogP contribution is 2.34. The predicted molar refractivity (Wildman–Crippen MR) is 89.4 cm³/mol. The predicted octanol–water partition coefficient (Wildman–Crippen LogP) is 1.53. The molecule has 3 aromatic rings. The zero-order valence-electron chi connectivity index (χ0n) is 13.1. The number of nitrogens with one attached hydrogen (secondary N) is 1. The van der Waals surface area contributed by atoms with Crippen LogP contribution >= 0.6 is 0 Å². The number of fused-ring (bicyclic) bond motifs is 3. The van der Waals surface area contributed by atoms with Gasteiger partial charge in [-0.2, -0.15) is 0 Å². The lowest BCUT2D eigenvalue weighted by Crippen LogP contribution is -2.31. The fourth-order valence-electron chi connectivity index (χ4n) is 3.44. The maximum absolute atomic E-state index is 12.6. The molecule has 4 rings (SSSR count). The van der Waals surface area contributed by atoms with Crippen LogP contribution in [0.5, 0.6) is 0 Å². The highest BCUT2D eigenvalue weighted by Gasteiger charge is 2.29. The minimum Gasteiger partial charge on any atom is -0.294 e. The normalized spacial score (nSPS) is 17.0. The van der Waals surface area contributed by atoms with E-state index in [4.69, 9.17) is 0 Å². The van der Waals surface area contributed by atoms with Gasteiger partial charge in [-0.25, -0.2) is 9.78 Å². The van der Waals surface area contributed by atoms with Gasteiger partial charge in [-0.1, -0.05) is 30.3 Å². The molecule has 6 nitrogen and oxygen atoms in total. The summed E-state index contributed by atoms with van der Waals surface area (Å²) >= 11 is 0. The second kappa shape index (κ2) is 5.26. The fraction of sp³-hybridized carbons (Fsp3) is 0.222. The second-order valence-electron chi connectivity index (χ2n) is 6.11. The van der Waals surface area contributed by atoms with Crippen molar-refractivity contribution in [2.45, 2.75) is 18.8 Å². The number of rotatable bonds is 1. The number of aromatic nitrogens is 3. The van der Waals surface area contributed by atoms with E-state index in [1.54, 1.807) is 7.05 Å². The van der Waals surface area contributed by atoms with E-state index in [1.807, 2.05) is 30.3 Å². The van der Waals surface area contributed by atoms with Crippen LogP contribution in [-0.4, -0.2) is 20.3 Å². The van der Waals surface area contributed by atoms with Crippen LogP contribution in [0.2, 0.25) is 0 Å². The number of H-pyrrole nitrogens is 1. The molecule has 6 heteroatoms. The Balaban J connectivity index is 1.98. The Hall–Kier alpha value is -3.02. The summed E-state index contributed by atoms with van der Waals surface area (Å²) in [5.41, 5.74) is 1.55. The molecule has 0 unspecified atom stereocenters. The number of hydrogen-bond donors (Lipinski definition) is 1. The molecule has 0 aliphatic heterocycles. The molecule has 120 valence electrons. The minimum atomic E-state index is -0.512. The molecule has 1 aromatic carbocycles. The Labute approximate surface area is 136 Å². The molecule has 1 aliphatic rings. The SMILES string of the molecule is Cn1c(=O)[nH]c(=O)c2c3c(cnc21)C(=O)C[C@@H](c1ccccc1)C3. The number of benzene rings is 1. The molecule has 1 N–H and O–H groups in total. The van der Waals surface area contributed by atoms with E-state index in [-0.39, 0.29) is 11.7 Å². The molecule has 0 bridgehead atoms. The number of aromatic amines is 1. The van der Waals surface area contributed by atoms with Gasteiger partial charge in [0.15, 0.2) is 5.78 Å². The number of pyridine rings is 1. The van der Waals surface area contributed by atoms with Crippen molar-refractivity contribution in [1.82, 2.24) is 14.5 Å². The zero-order valence-corrected chi connectivity index (χ0v) is 13.1. The highest BCUT2D eigenvalue weighted by molar-refractivity contribution is 6.02. The summed E-state index contributed by atoms with van der Waals surface area (Å²) in [6.07, 6.45) is 2.46. The average molecular weight is 321 g/mol. The van der Waals surface area contributed by atoms with Gasteiger partial charge in [0, 0.05) is 25.2 Å². The summed E-state index contributed by atoms with van der Waals surface area (Å²) in [6.45, 7) is 0. The van der Waals surface area contributed by atoms with Gasteiger partial charge in [0.05, 0.1) is 5.39 Å². The Kier molecular flexibility index (Phi) is 3.19. The third kappa shape index (κ3) is 2.11. The van der Waals surface area contributed by atoms with Crippen LogP contribution in [0, 0.1) is 0 Å². The topological polar surface area (TPSA) is 84.8 Å². The number of ketones is 1. The molecule has 0 saturated carbocycles. The Morgan fingerprint density at radius 3 is 2.62 bits per heavy atom. The Morgan fingerprint density at radius 1 is 1.12 bits per heavy atom. The monoisotopic (exact) mass is 321 g/mol. The molecular formula is C18H15N3O3. The maximum Gasteiger partial charge on any atom is 0.329 e. The summed E-state index contributed by atoms with van der Waals surface area (Å²) in [6, 6.07) is 9.80. The maximum atomic E-state index is 12.6. The van der Waals surface area contributed by atoms with E-state index in [1.165, 1.54) is 10.8 Å². The largest absolute Gasteiger partial charge is 0.329 e. The molecule has 0 fully saturated rings. The van der Waals surface area contributed by atoms with Crippen LogP contribution in [0.1, 0.15) is 33.8 Å². The van der Waals surface area contributed by atoms with E-state index < -0.39 is 11.2 Å². The Bertz CT molecular complexity index is 1080. The van der Waals surface area contributed by atoms with E-state index >= 15 is 0 Å². The first-order chi connectivity index (χ1) is 11.6. The molecule has 0 radical (unpaired) electrons. The third-order valence-electron chi connectivity index (χ3n) is 4.69. The van der Waals surface area contributed by atoms with Crippen LogP contribution in [0.4, 0.5) is 0 Å². The summed E-state index contributed by atoms with van der Waals surface area (Å²) in [7, 11) is 1.55. The van der Waals surface area contributed by atoms with E-state index in [2.05, 4.69) is 9.97 Å². The van der Waals surface area contributed by atoms with Crippen molar-refractivity contribution in [3.05, 3.63) is 74.1 Å². The van der Waals surface area contributed by atoms with Crippen molar-refractivity contribution in [3.8, 4) is 0 Å². The van der Waals surface area contributed by atoms with Gasteiger partial charge < -0.3 is 0 Å². The molecule has 24 heavy (non-hydrogen) atoms.